The molecule has 3 heterocycles. The Morgan fingerprint density at radius 2 is 1.51 bits per heavy atom. The Labute approximate surface area is 337 Å². The standard InChI is InChI=1S/C41H65B2N5O9/c44-40(38(50)51,18-3-5-20-42(53)54)30-17-24-48(27-30)35-14-15-36(33-26-46-37(49)25-32(33)35)57-39(52)41(45,19-4-6-21-43(55)56)29-11-8-22-47(23-16-29)34-13-7-10-28-9-1-2-12-31(28)34/h1-2,9,12,25-26,29-30,34-36,39,52-56H,3-8,10-11,13-24,27,44-45H2,(H,46,49)(H,50,51). The van der Waals surface area contributed by atoms with Crippen molar-refractivity contribution in [1.82, 2.24) is 14.8 Å². The lowest BCUT2D eigenvalue weighted by Gasteiger charge is -2.44. The van der Waals surface area contributed by atoms with Crippen molar-refractivity contribution in [3.63, 3.8) is 0 Å². The number of carboxylic acids is 1. The minimum Gasteiger partial charge on any atom is -0.480 e. The summed E-state index contributed by atoms with van der Waals surface area (Å²) in [5.74, 6) is -1.44. The molecule has 1 aromatic heterocycles. The second kappa shape index (κ2) is 19.6. The van der Waals surface area contributed by atoms with Crippen molar-refractivity contribution < 1.29 is 39.8 Å². The van der Waals surface area contributed by atoms with Crippen LogP contribution in [0.1, 0.15) is 130 Å². The molecule has 0 radical (unpaired) electrons. The number of carboxylic acid groups (broad SMARTS) is 1. The number of aromatic nitrogens is 1. The molecule has 11 N–H and O–H groups in total. The molecule has 14 nitrogen and oxygen atoms in total. The van der Waals surface area contributed by atoms with Gasteiger partial charge in [0.2, 0.25) is 5.56 Å². The topological polar surface area (TPSA) is 239 Å². The molecule has 0 amide bonds. The first-order valence-corrected chi connectivity index (χ1v) is 21.5. The van der Waals surface area contributed by atoms with Crippen LogP contribution in [-0.4, -0.2) is 109 Å². The van der Waals surface area contributed by atoms with Gasteiger partial charge in [0.25, 0.3) is 0 Å². The van der Waals surface area contributed by atoms with E-state index in [1.54, 1.807) is 12.3 Å². The second-order valence-corrected chi connectivity index (χ2v) is 17.4. The summed E-state index contributed by atoms with van der Waals surface area (Å²) in [5.41, 5.74) is 15.5. The number of unbranched alkanes of at least 4 members (excludes halogenated alkanes) is 2. The average Bonchev–Trinajstić information content (AvgIpc) is 3.55. The Morgan fingerprint density at radius 1 is 0.825 bits per heavy atom. The van der Waals surface area contributed by atoms with Crippen LogP contribution in [0.4, 0.5) is 0 Å². The molecular formula is C41H65B2N5O9. The van der Waals surface area contributed by atoms with Crippen LogP contribution in [0.25, 0.3) is 0 Å². The quantitative estimate of drug-likeness (QED) is 0.0601. The summed E-state index contributed by atoms with van der Waals surface area (Å²) in [7, 11) is -2.84. The Hall–Kier alpha value is -2.63. The third kappa shape index (κ3) is 10.4. The fourth-order valence-electron chi connectivity index (χ4n) is 10.6. The largest absolute Gasteiger partial charge is 0.480 e. The van der Waals surface area contributed by atoms with Crippen LogP contribution >= 0.6 is 0 Å². The minimum absolute atomic E-state index is 0.0391. The first-order valence-electron chi connectivity index (χ1n) is 21.5. The number of nitrogens with two attached hydrogens (primary N) is 2. The van der Waals surface area contributed by atoms with Gasteiger partial charge >= 0.3 is 20.2 Å². The summed E-state index contributed by atoms with van der Waals surface area (Å²) < 4.78 is 6.62. The highest BCUT2D eigenvalue weighted by atomic mass is 16.6. The van der Waals surface area contributed by atoms with E-state index >= 15 is 0 Å². The molecule has 2 aliphatic heterocycles. The lowest BCUT2D eigenvalue weighted by molar-refractivity contribution is -0.194. The third-order valence-corrected chi connectivity index (χ3v) is 13.9. The number of hydrogen-bond acceptors (Lipinski definition) is 12. The van der Waals surface area contributed by atoms with Gasteiger partial charge in [-0.3, -0.25) is 19.4 Å². The first-order chi connectivity index (χ1) is 27.3. The van der Waals surface area contributed by atoms with Crippen molar-refractivity contribution in [2.24, 2.45) is 23.3 Å². The van der Waals surface area contributed by atoms with Gasteiger partial charge < -0.3 is 51.5 Å². The van der Waals surface area contributed by atoms with E-state index in [9.17, 15) is 39.9 Å². The number of nitrogens with zero attached hydrogens (tertiary/aromatic N) is 2. The van der Waals surface area contributed by atoms with Crippen LogP contribution in [0.15, 0.2) is 41.3 Å². The lowest BCUT2D eigenvalue weighted by Crippen LogP contribution is -2.58. The minimum atomic E-state index is -1.47. The molecule has 6 rings (SSSR count). The van der Waals surface area contributed by atoms with Gasteiger partial charge in [0.15, 0.2) is 6.29 Å². The van der Waals surface area contributed by atoms with Gasteiger partial charge in [0.05, 0.1) is 11.6 Å². The van der Waals surface area contributed by atoms with Gasteiger partial charge in [-0.2, -0.15) is 0 Å². The number of aliphatic hydroxyl groups is 1. The number of hydrogen-bond donors (Lipinski definition) is 9. The molecule has 314 valence electrons. The fourth-order valence-corrected chi connectivity index (χ4v) is 10.6. The molecule has 8 unspecified atom stereocenters. The Balaban J connectivity index is 1.16. The number of benzene rings is 1. The summed E-state index contributed by atoms with van der Waals surface area (Å²) in [6.07, 6.45) is 10.6. The van der Waals surface area contributed by atoms with Crippen LogP contribution in [0.3, 0.4) is 0 Å². The summed E-state index contributed by atoms with van der Waals surface area (Å²) in [6, 6.07) is 10.5. The number of H-pyrrole nitrogens is 1. The smallest absolute Gasteiger partial charge is 0.451 e. The SMILES string of the molecule is NC(CCCCB(O)O)(C(=O)O)C1CCN(C2CCC(OC(O)C(N)(CCCCB(O)O)C3CCCN(C4CCCc5ccccc54)CC3)c3c[nH]c(=O)cc32)C1. The molecule has 8 atom stereocenters. The molecule has 2 saturated heterocycles. The predicted octanol–water partition coefficient (Wildman–Crippen LogP) is 2.85. The number of ether oxygens (including phenoxy) is 1. The number of aliphatic carboxylic acids is 1. The van der Waals surface area contributed by atoms with Crippen LogP contribution in [0.2, 0.25) is 12.6 Å². The Bertz CT molecular complexity index is 1690. The molecular weight excluding hydrogens is 728 g/mol. The molecule has 2 fully saturated rings. The van der Waals surface area contributed by atoms with Gasteiger partial charge in [-0.15, -0.1) is 0 Å². The van der Waals surface area contributed by atoms with Gasteiger partial charge in [-0.1, -0.05) is 49.9 Å². The van der Waals surface area contributed by atoms with Crippen molar-refractivity contribution >= 4 is 20.2 Å². The number of aromatic amines is 1. The average molecular weight is 794 g/mol. The normalized spacial score (nSPS) is 27.0. The maximum absolute atomic E-state index is 12.8. The zero-order valence-electron chi connectivity index (χ0n) is 33.4. The van der Waals surface area contributed by atoms with Crippen molar-refractivity contribution in [3.05, 3.63) is 69.1 Å². The Morgan fingerprint density at radius 3 is 2.25 bits per heavy atom. The van der Waals surface area contributed by atoms with Gasteiger partial charge in [-0.25, -0.2) is 0 Å². The van der Waals surface area contributed by atoms with E-state index in [1.807, 2.05) is 0 Å². The molecule has 0 bridgehead atoms. The van der Waals surface area contributed by atoms with E-state index in [1.165, 1.54) is 11.1 Å². The van der Waals surface area contributed by atoms with Gasteiger partial charge in [0, 0.05) is 42.4 Å². The van der Waals surface area contributed by atoms with Crippen LogP contribution < -0.4 is 17.0 Å². The first kappa shape index (κ1) is 43.9. The molecule has 2 aromatic rings. The third-order valence-electron chi connectivity index (χ3n) is 13.9. The van der Waals surface area contributed by atoms with Crippen molar-refractivity contribution in [3.8, 4) is 0 Å². The van der Waals surface area contributed by atoms with Gasteiger partial charge in [0.1, 0.15) is 5.54 Å². The fraction of sp³-hybridized carbons (Fsp3) is 0.707. The van der Waals surface area contributed by atoms with Crippen molar-refractivity contribution in [1.29, 1.82) is 0 Å². The van der Waals surface area contributed by atoms with Crippen LogP contribution in [-0.2, 0) is 16.0 Å². The number of rotatable bonds is 18. The predicted molar refractivity (Wildman–Crippen MR) is 219 cm³/mol. The highest BCUT2D eigenvalue weighted by Crippen LogP contribution is 2.46. The van der Waals surface area contributed by atoms with Crippen LogP contribution in [0, 0.1) is 11.8 Å². The van der Waals surface area contributed by atoms with E-state index in [0.717, 1.165) is 62.7 Å². The van der Waals surface area contributed by atoms with Crippen LogP contribution in [0.5, 0.6) is 0 Å². The summed E-state index contributed by atoms with van der Waals surface area (Å²) in [4.78, 5) is 32.9. The zero-order valence-corrected chi connectivity index (χ0v) is 33.4. The van der Waals surface area contributed by atoms with E-state index in [2.05, 4.69) is 39.0 Å². The van der Waals surface area contributed by atoms with E-state index in [4.69, 9.17) is 16.2 Å². The zero-order chi connectivity index (χ0) is 40.7. The Kier molecular flexibility index (Phi) is 15.1. The molecule has 0 saturated carbocycles. The number of likely N-dealkylation sites (tertiary alicyclic amines) is 2. The number of aliphatic hydroxyl groups excluding tert-OH is 1. The molecule has 1 aromatic carbocycles. The molecule has 0 spiro atoms. The summed E-state index contributed by atoms with van der Waals surface area (Å²) in [6.45, 7) is 2.86. The van der Waals surface area contributed by atoms with Crippen molar-refractivity contribution in [2.75, 3.05) is 26.2 Å². The monoisotopic (exact) mass is 793 g/mol. The maximum atomic E-state index is 12.8. The highest BCUT2D eigenvalue weighted by molar-refractivity contribution is 6.41. The number of fused-ring (bicyclic) bond motifs is 2. The van der Waals surface area contributed by atoms with E-state index in [0.29, 0.717) is 70.5 Å². The molecule has 57 heavy (non-hydrogen) atoms. The number of pyridine rings is 1. The van der Waals surface area contributed by atoms with E-state index in [-0.39, 0.29) is 42.5 Å². The number of aryl methyl sites for hydroxylation is 1. The van der Waals surface area contributed by atoms with Gasteiger partial charge in [-0.05, 0) is 126 Å². The number of carbonyl (C=O) groups is 1. The van der Waals surface area contributed by atoms with E-state index < -0.39 is 43.7 Å². The van der Waals surface area contributed by atoms with Crippen molar-refractivity contribution in [2.45, 2.75) is 145 Å². The lowest BCUT2D eigenvalue weighted by atomic mass is 9.74. The molecule has 2 aliphatic carbocycles. The molecule has 16 heteroatoms. The maximum Gasteiger partial charge on any atom is 0.451 e. The molecule has 4 aliphatic rings. The highest BCUT2D eigenvalue weighted by Gasteiger charge is 2.48. The number of nitrogens with one attached hydrogen (secondary N) is 1. The summed E-state index contributed by atoms with van der Waals surface area (Å²) >= 11 is 0. The second-order valence-electron chi connectivity index (χ2n) is 17.4. The summed E-state index contributed by atoms with van der Waals surface area (Å²) in [5, 5.41) is 59.9.